The number of carbonyl (C=O) groups is 1. The second kappa shape index (κ2) is 3.18. The van der Waals surface area contributed by atoms with E-state index in [2.05, 4.69) is 0 Å². The molecule has 0 saturated heterocycles. The van der Waals surface area contributed by atoms with Crippen LogP contribution in [0.1, 0.15) is 28.4 Å². The maximum Gasteiger partial charge on any atom is 0.335 e. The molecule has 2 N–H and O–H groups in total. The van der Waals surface area contributed by atoms with Crippen molar-refractivity contribution in [3.8, 4) is 10.4 Å². The molecule has 1 aliphatic carbocycles. The lowest BCUT2D eigenvalue weighted by Crippen LogP contribution is -2.19. The fourth-order valence-corrected chi connectivity index (χ4v) is 3.36. The molecule has 86 valence electrons. The Morgan fingerprint density at radius 3 is 2.76 bits per heavy atom. The summed E-state index contributed by atoms with van der Waals surface area (Å²) in [7, 11) is 0. The van der Waals surface area contributed by atoms with Crippen LogP contribution in [0.5, 0.6) is 0 Å². The minimum atomic E-state index is -1.09. The summed E-state index contributed by atoms with van der Waals surface area (Å²) in [6.07, 6.45) is 0. The van der Waals surface area contributed by atoms with Gasteiger partial charge in [-0.05, 0) is 41.6 Å². The monoisotopic (exact) mass is 246 g/mol. The highest BCUT2D eigenvalue weighted by molar-refractivity contribution is 7.13. The Hall–Kier alpha value is -1.65. The van der Waals surface area contributed by atoms with Crippen molar-refractivity contribution in [3.05, 3.63) is 46.3 Å². The van der Waals surface area contributed by atoms with Crippen molar-refractivity contribution in [2.45, 2.75) is 12.5 Å². The summed E-state index contributed by atoms with van der Waals surface area (Å²) >= 11 is 1.56. The first-order valence-electron chi connectivity index (χ1n) is 5.20. The van der Waals surface area contributed by atoms with E-state index in [0.717, 1.165) is 16.0 Å². The molecule has 2 aromatic rings. The molecule has 3 nitrogen and oxygen atoms in total. The summed E-state index contributed by atoms with van der Waals surface area (Å²) in [5.74, 6) is -0.973. The minimum absolute atomic E-state index is 0.208. The van der Waals surface area contributed by atoms with Crippen LogP contribution in [0.15, 0.2) is 29.6 Å². The molecule has 1 heterocycles. The van der Waals surface area contributed by atoms with Crippen LogP contribution in [0.2, 0.25) is 0 Å². The van der Waals surface area contributed by atoms with Gasteiger partial charge in [-0.15, -0.1) is 11.3 Å². The van der Waals surface area contributed by atoms with Gasteiger partial charge in [0.2, 0.25) is 0 Å². The number of aliphatic hydroxyl groups is 1. The van der Waals surface area contributed by atoms with Crippen LogP contribution in [-0.4, -0.2) is 16.2 Å². The Bertz CT molecular complexity index is 625. The third-order valence-electron chi connectivity index (χ3n) is 3.23. The smallest absolute Gasteiger partial charge is 0.335 e. The van der Waals surface area contributed by atoms with Gasteiger partial charge in [0.15, 0.2) is 0 Å². The molecule has 1 atom stereocenters. The van der Waals surface area contributed by atoms with Crippen molar-refractivity contribution in [2.24, 2.45) is 0 Å². The van der Waals surface area contributed by atoms with Crippen molar-refractivity contribution in [3.63, 3.8) is 0 Å². The summed E-state index contributed by atoms with van der Waals surface area (Å²) < 4.78 is 0. The molecular formula is C13H10O3S. The molecule has 1 aromatic heterocycles. The van der Waals surface area contributed by atoms with Crippen molar-refractivity contribution < 1.29 is 15.0 Å². The number of carboxylic acids is 1. The number of hydrogen-bond donors (Lipinski definition) is 2. The predicted molar refractivity (Wildman–Crippen MR) is 65.4 cm³/mol. The molecule has 0 aliphatic heterocycles. The average molecular weight is 246 g/mol. The number of hydrogen-bond acceptors (Lipinski definition) is 3. The summed E-state index contributed by atoms with van der Waals surface area (Å²) in [4.78, 5) is 12.0. The second-order valence-electron chi connectivity index (χ2n) is 4.30. The van der Waals surface area contributed by atoms with Gasteiger partial charge in [0, 0.05) is 10.4 Å². The lowest BCUT2D eigenvalue weighted by atomic mass is 9.93. The fourth-order valence-electron chi connectivity index (χ4n) is 2.32. The quantitative estimate of drug-likeness (QED) is 0.813. The molecule has 17 heavy (non-hydrogen) atoms. The zero-order valence-electron chi connectivity index (χ0n) is 9.10. The van der Waals surface area contributed by atoms with Crippen molar-refractivity contribution in [1.29, 1.82) is 0 Å². The summed E-state index contributed by atoms with van der Waals surface area (Å²) in [6, 6.07) is 6.80. The third kappa shape index (κ3) is 1.28. The molecule has 1 aliphatic rings. The number of benzene rings is 1. The molecule has 0 radical (unpaired) electrons. The predicted octanol–water partition coefficient (Wildman–Crippen LogP) is 2.68. The van der Waals surface area contributed by atoms with Crippen LogP contribution in [0.25, 0.3) is 10.4 Å². The Morgan fingerprint density at radius 2 is 2.06 bits per heavy atom. The van der Waals surface area contributed by atoms with Gasteiger partial charge < -0.3 is 10.2 Å². The van der Waals surface area contributed by atoms with Gasteiger partial charge in [-0.2, -0.15) is 0 Å². The first-order valence-corrected chi connectivity index (χ1v) is 6.08. The van der Waals surface area contributed by atoms with E-state index >= 15 is 0 Å². The van der Waals surface area contributed by atoms with Crippen LogP contribution in [0.3, 0.4) is 0 Å². The van der Waals surface area contributed by atoms with E-state index in [1.54, 1.807) is 36.5 Å². The maximum atomic E-state index is 10.9. The minimum Gasteiger partial charge on any atom is -0.478 e. The highest BCUT2D eigenvalue weighted by Crippen LogP contribution is 2.49. The maximum absolute atomic E-state index is 10.9. The first-order chi connectivity index (χ1) is 8.01. The standard InChI is InChI=1S/C13H10O3S/c1-13(16)9-4-5-17-11(9)8-3-2-7(12(14)15)6-10(8)13/h2-6,16H,1H3,(H,14,15). The van der Waals surface area contributed by atoms with Gasteiger partial charge in [0.1, 0.15) is 5.60 Å². The molecular weight excluding hydrogens is 236 g/mol. The van der Waals surface area contributed by atoms with Crippen LogP contribution >= 0.6 is 11.3 Å². The van der Waals surface area contributed by atoms with E-state index in [9.17, 15) is 9.90 Å². The Morgan fingerprint density at radius 1 is 1.29 bits per heavy atom. The third-order valence-corrected chi connectivity index (χ3v) is 4.17. The second-order valence-corrected chi connectivity index (χ2v) is 5.22. The Balaban J connectivity index is 2.30. The van der Waals surface area contributed by atoms with Gasteiger partial charge in [-0.25, -0.2) is 4.79 Å². The summed E-state index contributed by atoms with van der Waals surface area (Å²) in [5, 5.41) is 21.4. The largest absolute Gasteiger partial charge is 0.478 e. The van der Waals surface area contributed by atoms with Gasteiger partial charge >= 0.3 is 5.97 Å². The van der Waals surface area contributed by atoms with E-state index in [0.29, 0.717) is 5.56 Å². The molecule has 4 heteroatoms. The van der Waals surface area contributed by atoms with Gasteiger partial charge in [0.25, 0.3) is 0 Å². The van der Waals surface area contributed by atoms with Crippen LogP contribution in [0, 0.1) is 0 Å². The number of fused-ring (bicyclic) bond motifs is 3. The molecule has 0 saturated carbocycles. The normalized spacial score (nSPS) is 21.1. The highest BCUT2D eigenvalue weighted by Gasteiger charge is 2.38. The van der Waals surface area contributed by atoms with E-state index < -0.39 is 11.6 Å². The van der Waals surface area contributed by atoms with E-state index in [1.807, 2.05) is 11.4 Å². The van der Waals surface area contributed by atoms with Crippen LogP contribution < -0.4 is 0 Å². The van der Waals surface area contributed by atoms with Crippen LogP contribution in [-0.2, 0) is 5.60 Å². The number of thiophene rings is 1. The number of aromatic carboxylic acids is 1. The van der Waals surface area contributed by atoms with Crippen molar-refractivity contribution in [1.82, 2.24) is 0 Å². The van der Waals surface area contributed by atoms with Gasteiger partial charge in [-0.1, -0.05) is 6.07 Å². The van der Waals surface area contributed by atoms with Crippen molar-refractivity contribution in [2.75, 3.05) is 0 Å². The van der Waals surface area contributed by atoms with E-state index in [4.69, 9.17) is 5.11 Å². The number of rotatable bonds is 1. The molecule has 1 aromatic carbocycles. The highest BCUT2D eigenvalue weighted by atomic mass is 32.1. The Kier molecular flexibility index (Phi) is 1.97. The SMILES string of the molecule is CC1(O)c2cc(C(=O)O)ccc2-c2sccc21. The van der Waals surface area contributed by atoms with Gasteiger partial charge in [0.05, 0.1) is 5.56 Å². The molecule has 0 fully saturated rings. The van der Waals surface area contributed by atoms with Gasteiger partial charge in [-0.3, -0.25) is 0 Å². The Labute approximate surface area is 102 Å². The van der Waals surface area contributed by atoms with E-state index in [1.165, 1.54) is 0 Å². The molecule has 3 rings (SSSR count). The van der Waals surface area contributed by atoms with E-state index in [-0.39, 0.29) is 5.56 Å². The molecule has 1 unspecified atom stereocenters. The average Bonchev–Trinajstić information content (AvgIpc) is 2.83. The topological polar surface area (TPSA) is 57.5 Å². The number of carboxylic acid groups (broad SMARTS) is 1. The molecule has 0 amide bonds. The zero-order valence-corrected chi connectivity index (χ0v) is 9.91. The first kappa shape index (κ1) is 10.5. The summed E-state index contributed by atoms with van der Waals surface area (Å²) in [6.45, 7) is 1.70. The lowest BCUT2D eigenvalue weighted by Gasteiger charge is -2.19. The molecule has 0 spiro atoms. The van der Waals surface area contributed by atoms with Crippen molar-refractivity contribution >= 4 is 17.3 Å². The summed E-state index contributed by atoms with van der Waals surface area (Å²) in [5.41, 5.74) is 1.60. The zero-order chi connectivity index (χ0) is 12.2. The lowest BCUT2D eigenvalue weighted by molar-refractivity contribution is 0.0696. The molecule has 0 bridgehead atoms. The fraction of sp³-hybridized carbons (Fsp3) is 0.154. The van der Waals surface area contributed by atoms with Crippen LogP contribution in [0.4, 0.5) is 0 Å².